The first-order valence-electron chi connectivity index (χ1n) is 8.07. The van der Waals surface area contributed by atoms with Crippen molar-refractivity contribution < 1.29 is 9.59 Å². The Morgan fingerprint density at radius 2 is 1.90 bits per heavy atom. The van der Waals surface area contributed by atoms with Crippen LogP contribution in [-0.2, 0) is 4.79 Å². The monoisotopic (exact) mass is 313 g/mol. The number of nitrogens with zero attached hydrogens (tertiary/aromatic N) is 3. The molecule has 2 aliphatic heterocycles. The fourth-order valence-corrected chi connectivity index (χ4v) is 3.58. The molecule has 0 saturated carbocycles. The zero-order valence-electron chi connectivity index (χ0n) is 13.0. The summed E-state index contributed by atoms with van der Waals surface area (Å²) in [6.45, 7) is 7.39. The molecule has 0 aromatic carbocycles. The van der Waals surface area contributed by atoms with Crippen LogP contribution in [0.5, 0.6) is 0 Å². The van der Waals surface area contributed by atoms with E-state index in [4.69, 9.17) is 0 Å². The van der Waals surface area contributed by atoms with Crippen LogP contribution in [0, 0.1) is 0 Å². The van der Waals surface area contributed by atoms with Gasteiger partial charge in [-0.2, -0.15) is 0 Å². The molecule has 0 bridgehead atoms. The summed E-state index contributed by atoms with van der Waals surface area (Å²) in [6.07, 6.45) is 5.40. The molecule has 2 amide bonds. The molecule has 6 heteroatoms. The summed E-state index contributed by atoms with van der Waals surface area (Å²) >= 11 is 3.90. The van der Waals surface area contributed by atoms with Crippen molar-refractivity contribution in [2.45, 2.75) is 45.1 Å². The van der Waals surface area contributed by atoms with Gasteiger partial charge in [0.25, 0.3) is 5.24 Å². The Bertz CT molecular complexity index is 372. The molecule has 1 unspecified atom stereocenters. The molecule has 2 rings (SSSR count). The number of amides is 2. The lowest BCUT2D eigenvalue weighted by atomic mass is 10.1. The van der Waals surface area contributed by atoms with Crippen LogP contribution in [0.25, 0.3) is 0 Å². The van der Waals surface area contributed by atoms with Gasteiger partial charge in [-0.3, -0.25) is 9.59 Å². The summed E-state index contributed by atoms with van der Waals surface area (Å²) in [5, 5.41) is -0.231. The normalized spacial score (nSPS) is 25.0. The van der Waals surface area contributed by atoms with Gasteiger partial charge >= 0.3 is 0 Å². The van der Waals surface area contributed by atoms with Crippen molar-refractivity contribution in [2.75, 3.05) is 39.3 Å². The van der Waals surface area contributed by atoms with Gasteiger partial charge in [-0.15, -0.1) is 0 Å². The molecule has 0 aliphatic carbocycles. The largest absolute Gasteiger partial charge is 0.341 e. The van der Waals surface area contributed by atoms with Crippen molar-refractivity contribution >= 4 is 23.8 Å². The molecular formula is C15H27N3O2S. The second-order valence-electron chi connectivity index (χ2n) is 6.17. The Labute approximate surface area is 133 Å². The third-order valence-electron chi connectivity index (χ3n) is 4.53. The van der Waals surface area contributed by atoms with E-state index in [1.165, 1.54) is 32.4 Å². The average molecular weight is 313 g/mol. The maximum atomic E-state index is 12.2. The SMILES string of the molecule is CC1CN(CCCN2CCCCC2)C(=O)CCN1C(=O)S. The highest BCUT2D eigenvalue weighted by atomic mass is 32.1. The molecule has 2 heterocycles. The summed E-state index contributed by atoms with van der Waals surface area (Å²) in [5.74, 6) is 0.164. The molecule has 0 radical (unpaired) electrons. The number of hydrogen-bond donors (Lipinski definition) is 1. The van der Waals surface area contributed by atoms with E-state index in [-0.39, 0.29) is 17.2 Å². The molecule has 0 spiro atoms. The maximum absolute atomic E-state index is 12.2. The van der Waals surface area contributed by atoms with Crippen LogP contribution in [0.3, 0.4) is 0 Å². The van der Waals surface area contributed by atoms with Gasteiger partial charge in [-0.1, -0.05) is 19.0 Å². The van der Waals surface area contributed by atoms with E-state index in [1.54, 1.807) is 4.90 Å². The number of rotatable bonds is 4. The molecule has 5 nitrogen and oxygen atoms in total. The lowest BCUT2D eigenvalue weighted by Crippen LogP contribution is -2.42. The zero-order valence-corrected chi connectivity index (χ0v) is 13.9. The van der Waals surface area contributed by atoms with Gasteiger partial charge in [0.1, 0.15) is 0 Å². The third kappa shape index (κ3) is 4.88. The van der Waals surface area contributed by atoms with E-state index in [2.05, 4.69) is 17.5 Å². The molecule has 2 saturated heterocycles. The second-order valence-corrected chi connectivity index (χ2v) is 6.55. The summed E-state index contributed by atoms with van der Waals surface area (Å²) < 4.78 is 0. The van der Waals surface area contributed by atoms with E-state index in [1.807, 2.05) is 11.8 Å². The van der Waals surface area contributed by atoms with E-state index in [9.17, 15) is 9.59 Å². The quantitative estimate of drug-likeness (QED) is 0.806. The molecule has 1 atom stereocenters. The first-order chi connectivity index (χ1) is 10.1. The molecule has 2 fully saturated rings. The van der Waals surface area contributed by atoms with E-state index < -0.39 is 0 Å². The highest BCUT2D eigenvalue weighted by Crippen LogP contribution is 2.14. The van der Waals surface area contributed by atoms with Crippen LogP contribution in [-0.4, -0.2) is 71.2 Å². The van der Waals surface area contributed by atoms with Crippen LogP contribution in [0.1, 0.15) is 39.0 Å². The Morgan fingerprint density at radius 1 is 1.19 bits per heavy atom. The predicted octanol–water partition coefficient (Wildman–Crippen LogP) is 1.83. The van der Waals surface area contributed by atoms with Crippen molar-refractivity contribution in [1.82, 2.24) is 14.7 Å². The number of piperidine rings is 1. The highest BCUT2D eigenvalue weighted by Gasteiger charge is 2.27. The minimum absolute atomic E-state index is 0.0523. The standard InChI is InChI=1S/C15H27N3O2S/c1-13-12-17(14(19)6-11-18(13)15(20)21)10-5-9-16-7-3-2-4-8-16/h13H,2-12H2,1H3,(H,20,21). The zero-order chi connectivity index (χ0) is 15.2. The summed E-state index contributed by atoms with van der Waals surface area (Å²) in [5.41, 5.74) is 0. The number of carbonyl (C=O) groups is 2. The van der Waals surface area contributed by atoms with Crippen LogP contribution in [0.15, 0.2) is 0 Å². The van der Waals surface area contributed by atoms with Gasteiger partial charge in [-0.25, -0.2) is 0 Å². The molecule has 21 heavy (non-hydrogen) atoms. The van der Waals surface area contributed by atoms with Crippen molar-refractivity contribution in [3.63, 3.8) is 0 Å². The van der Waals surface area contributed by atoms with Gasteiger partial charge in [0, 0.05) is 32.1 Å². The van der Waals surface area contributed by atoms with Crippen LogP contribution >= 0.6 is 12.6 Å². The minimum Gasteiger partial charge on any atom is -0.341 e. The first-order valence-corrected chi connectivity index (χ1v) is 8.52. The molecular weight excluding hydrogens is 286 g/mol. The predicted molar refractivity (Wildman–Crippen MR) is 86.7 cm³/mol. The highest BCUT2D eigenvalue weighted by molar-refractivity contribution is 7.96. The van der Waals surface area contributed by atoms with Crippen molar-refractivity contribution in [1.29, 1.82) is 0 Å². The Hall–Kier alpha value is -0.750. The van der Waals surface area contributed by atoms with E-state index in [0.717, 1.165) is 19.5 Å². The summed E-state index contributed by atoms with van der Waals surface area (Å²) in [4.78, 5) is 29.7. The molecule has 2 aliphatic rings. The molecule has 0 aromatic rings. The molecule has 0 aromatic heterocycles. The topological polar surface area (TPSA) is 43.9 Å². The lowest BCUT2D eigenvalue weighted by Gasteiger charge is -2.29. The molecule has 120 valence electrons. The fraction of sp³-hybridized carbons (Fsp3) is 0.867. The summed E-state index contributed by atoms with van der Waals surface area (Å²) in [6, 6.07) is 0.0523. The van der Waals surface area contributed by atoms with Gasteiger partial charge in [-0.05, 0) is 45.8 Å². The minimum atomic E-state index is -0.231. The smallest absolute Gasteiger partial charge is 0.278 e. The van der Waals surface area contributed by atoms with Crippen molar-refractivity contribution in [3.8, 4) is 0 Å². The number of hydrogen-bond acceptors (Lipinski definition) is 3. The van der Waals surface area contributed by atoms with Crippen molar-refractivity contribution in [3.05, 3.63) is 0 Å². The van der Waals surface area contributed by atoms with Crippen LogP contribution < -0.4 is 0 Å². The number of likely N-dealkylation sites (tertiary alicyclic amines) is 1. The lowest BCUT2D eigenvalue weighted by molar-refractivity contribution is -0.130. The number of thiol groups is 1. The van der Waals surface area contributed by atoms with E-state index in [0.29, 0.717) is 19.5 Å². The second kappa shape index (κ2) is 8.03. The van der Waals surface area contributed by atoms with Gasteiger partial charge < -0.3 is 14.7 Å². The van der Waals surface area contributed by atoms with E-state index >= 15 is 0 Å². The van der Waals surface area contributed by atoms with Gasteiger partial charge in [0.2, 0.25) is 5.91 Å². The fourth-order valence-electron chi connectivity index (χ4n) is 3.28. The average Bonchev–Trinajstić information content (AvgIpc) is 2.60. The Morgan fingerprint density at radius 3 is 2.57 bits per heavy atom. The third-order valence-corrected chi connectivity index (χ3v) is 4.79. The Balaban J connectivity index is 1.78. The maximum Gasteiger partial charge on any atom is 0.278 e. The van der Waals surface area contributed by atoms with Gasteiger partial charge in [0.15, 0.2) is 0 Å². The molecule has 0 N–H and O–H groups in total. The van der Waals surface area contributed by atoms with Crippen LogP contribution in [0.2, 0.25) is 0 Å². The van der Waals surface area contributed by atoms with Gasteiger partial charge in [0.05, 0.1) is 0 Å². The number of carbonyl (C=O) groups excluding carboxylic acids is 2. The van der Waals surface area contributed by atoms with Crippen LogP contribution in [0.4, 0.5) is 4.79 Å². The first kappa shape index (κ1) is 16.6. The summed E-state index contributed by atoms with van der Waals surface area (Å²) in [7, 11) is 0. The Kier molecular flexibility index (Phi) is 6.36. The van der Waals surface area contributed by atoms with Crippen molar-refractivity contribution in [2.24, 2.45) is 0 Å².